The predicted molar refractivity (Wildman–Crippen MR) is 72.0 cm³/mol. The van der Waals surface area contributed by atoms with Crippen LogP contribution in [0.5, 0.6) is 0 Å². The summed E-state index contributed by atoms with van der Waals surface area (Å²) in [5.41, 5.74) is 1.69. The van der Waals surface area contributed by atoms with Gasteiger partial charge in [-0.2, -0.15) is 0 Å². The third-order valence-electron chi connectivity index (χ3n) is 3.30. The van der Waals surface area contributed by atoms with E-state index in [-0.39, 0.29) is 5.91 Å². The second-order valence-corrected chi connectivity index (χ2v) is 4.99. The van der Waals surface area contributed by atoms with Crippen molar-refractivity contribution < 1.29 is 9.90 Å². The third-order valence-corrected chi connectivity index (χ3v) is 3.30. The minimum atomic E-state index is -0.562. The van der Waals surface area contributed by atoms with Gasteiger partial charge in [0.25, 0.3) is 0 Å². The van der Waals surface area contributed by atoms with E-state index in [2.05, 4.69) is 9.97 Å². The van der Waals surface area contributed by atoms with Gasteiger partial charge < -0.3 is 14.9 Å². The summed E-state index contributed by atoms with van der Waals surface area (Å²) in [6, 6.07) is 0. The fourth-order valence-corrected chi connectivity index (χ4v) is 2.29. The van der Waals surface area contributed by atoms with Gasteiger partial charge in [-0.05, 0) is 13.8 Å². The van der Waals surface area contributed by atoms with Gasteiger partial charge in [0.1, 0.15) is 5.82 Å². The normalized spacial score (nSPS) is 20.3. The van der Waals surface area contributed by atoms with Crippen molar-refractivity contribution in [3.05, 3.63) is 17.6 Å². The highest BCUT2D eigenvalue weighted by molar-refractivity contribution is 5.73. The molecule has 0 spiro atoms. The molecule has 1 amide bonds. The van der Waals surface area contributed by atoms with E-state index in [1.54, 1.807) is 11.1 Å². The summed E-state index contributed by atoms with van der Waals surface area (Å²) in [6.07, 6.45) is 1.17. The largest absolute Gasteiger partial charge is 0.389 e. The van der Waals surface area contributed by atoms with Crippen molar-refractivity contribution in [2.75, 3.05) is 31.1 Å². The molecular formula is C13H20N4O2. The number of β-amino-alcohol motifs (C(OH)–C–C–N with tert-alkyl or cyclic N) is 1. The van der Waals surface area contributed by atoms with Crippen LogP contribution in [0.2, 0.25) is 0 Å². The molecule has 1 saturated heterocycles. The van der Waals surface area contributed by atoms with Gasteiger partial charge in [0.2, 0.25) is 5.91 Å². The Kier molecular flexibility index (Phi) is 3.99. The van der Waals surface area contributed by atoms with Crippen LogP contribution in [0.3, 0.4) is 0 Å². The van der Waals surface area contributed by atoms with Crippen LogP contribution < -0.4 is 4.90 Å². The number of anilines is 1. The number of carbonyl (C=O) groups is 1. The lowest BCUT2D eigenvalue weighted by Crippen LogP contribution is -2.36. The molecule has 2 rings (SSSR count). The zero-order valence-electron chi connectivity index (χ0n) is 11.6. The number of rotatable bonds is 1. The lowest BCUT2D eigenvalue weighted by molar-refractivity contribution is -0.129. The Balaban J connectivity index is 2.21. The molecule has 1 unspecified atom stereocenters. The average molecular weight is 264 g/mol. The predicted octanol–water partition coefficient (Wildman–Crippen LogP) is 0.123. The SMILES string of the molecule is CC(=O)N1CCN(c2nc(C)cnc2C)CC(O)C1. The zero-order chi connectivity index (χ0) is 14.0. The summed E-state index contributed by atoms with van der Waals surface area (Å²) in [5, 5.41) is 10.0. The van der Waals surface area contributed by atoms with Crippen molar-refractivity contribution >= 4 is 11.7 Å². The van der Waals surface area contributed by atoms with Gasteiger partial charge in [-0.3, -0.25) is 9.78 Å². The van der Waals surface area contributed by atoms with E-state index in [4.69, 9.17) is 0 Å². The van der Waals surface area contributed by atoms with Crippen LogP contribution >= 0.6 is 0 Å². The van der Waals surface area contributed by atoms with Crippen LogP contribution in [-0.4, -0.2) is 58.2 Å². The molecular weight excluding hydrogens is 244 g/mol. The average Bonchev–Trinajstić information content (AvgIpc) is 2.54. The van der Waals surface area contributed by atoms with Gasteiger partial charge in [-0.1, -0.05) is 0 Å². The van der Waals surface area contributed by atoms with Crippen LogP contribution in [0.1, 0.15) is 18.3 Å². The number of aryl methyl sites for hydroxylation is 2. The number of hydrogen-bond donors (Lipinski definition) is 1. The van der Waals surface area contributed by atoms with Gasteiger partial charge in [-0.25, -0.2) is 4.98 Å². The monoisotopic (exact) mass is 264 g/mol. The lowest BCUT2D eigenvalue weighted by Gasteiger charge is -2.24. The molecule has 1 aliphatic heterocycles. The number of aromatic nitrogens is 2. The Morgan fingerprint density at radius 2 is 2.11 bits per heavy atom. The quantitative estimate of drug-likeness (QED) is 0.780. The lowest BCUT2D eigenvalue weighted by atomic mass is 10.3. The van der Waals surface area contributed by atoms with Crippen molar-refractivity contribution in [1.82, 2.24) is 14.9 Å². The Morgan fingerprint density at radius 3 is 2.79 bits per heavy atom. The standard InChI is InChI=1S/C13H20N4O2/c1-9-6-14-10(2)13(15-9)17-5-4-16(11(3)18)7-12(19)8-17/h6,12,19H,4-5,7-8H2,1-3H3. The van der Waals surface area contributed by atoms with E-state index in [1.807, 2.05) is 18.7 Å². The van der Waals surface area contributed by atoms with E-state index in [0.29, 0.717) is 26.2 Å². The number of nitrogens with zero attached hydrogens (tertiary/aromatic N) is 4. The molecule has 0 radical (unpaired) electrons. The van der Waals surface area contributed by atoms with E-state index < -0.39 is 6.10 Å². The number of carbonyl (C=O) groups excluding carboxylic acids is 1. The van der Waals surface area contributed by atoms with Gasteiger partial charge in [0.15, 0.2) is 0 Å². The number of aliphatic hydroxyl groups is 1. The number of hydrogen-bond acceptors (Lipinski definition) is 5. The van der Waals surface area contributed by atoms with Crippen LogP contribution in [-0.2, 0) is 4.79 Å². The Hall–Kier alpha value is -1.69. The highest BCUT2D eigenvalue weighted by Gasteiger charge is 2.24. The smallest absolute Gasteiger partial charge is 0.219 e. The van der Waals surface area contributed by atoms with Crippen molar-refractivity contribution in [3.63, 3.8) is 0 Å². The molecule has 0 aliphatic carbocycles. The van der Waals surface area contributed by atoms with Crippen molar-refractivity contribution in [1.29, 1.82) is 0 Å². The molecule has 1 atom stereocenters. The summed E-state index contributed by atoms with van der Waals surface area (Å²) >= 11 is 0. The first kappa shape index (κ1) is 13.7. The fourth-order valence-electron chi connectivity index (χ4n) is 2.29. The van der Waals surface area contributed by atoms with E-state index >= 15 is 0 Å². The van der Waals surface area contributed by atoms with Crippen LogP contribution in [0.25, 0.3) is 0 Å². The van der Waals surface area contributed by atoms with Crippen LogP contribution in [0.15, 0.2) is 6.20 Å². The van der Waals surface area contributed by atoms with Crippen molar-refractivity contribution in [2.45, 2.75) is 26.9 Å². The molecule has 1 aliphatic rings. The van der Waals surface area contributed by atoms with E-state index in [0.717, 1.165) is 17.2 Å². The van der Waals surface area contributed by atoms with E-state index in [9.17, 15) is 9.90 Å². The summed E-state index contributed by atoms with van der Waals surface area (Å²) in [4.78, 5) is 23.9. The summed E-state index contributed by atoms with van der Waals surface area (Å²) in [5.74, 6) is 0.789. The molecule has 1 N–H and O–H groups in total. The maximum atomic E-state index is 11.4. The minimum absolute atomic E-state index is 0.00653. The Labute approximate surface area is 113 Å². The maximum Gasteiger partial charge on any atom is 0.219 e. The van der Waals surface area contributed by atoms with Crippen LogP contribution in [0.4, 0.5) is 5.82 Å². The second-order valence-electron chi connectivity index (χ2n) is 4.99. The molecule has 0 aromatic carbocycles. The first-order chi connectivity index (χ1) is 8.97. The topological polar surface area (TPSA) is 69.6 Å². The first-order valence-electron chi connectivity index (χ1n) is 6.46. The molecule has 1 aromatic heterocycles. The fraction of sp³-hybridized carbons (Fsp3) is 0.615. The molecule has 19 heavy (non-hydrogen) atoms. The Bertz CT molecular complexity index is 478. The van der Waals surface area contributed by atoms with Crippen LogP contribution in [0, 0.1) is 13.8 Å². The van der Waals surface area contributed by atoms with E-state index in [1.165, 1.54) is 6.92 Å². The molecule has 6 nitrogen and oxygen atoms in total. The summed E-state index contributed by atoms with van der Waals surface area (Å²) < 4.78 is 0. The zero-order valence-corrected chi connectivity index (χ0v) is 11.6. The first-order valence-corrected chi connectivity index (χ1v) is 6.46. The summed E-state index contributed by atoms with van der Waals surface area (Å²) in [7, 11) is 0. The molecule has 104 valence electrons. The molecule has 1 aromatic rings. The van der Waals surface area contributed by atoms with Gasteiger partial charge in [0.05, 0.1) is 17.5 Å². The maximum absolute atomic E-state index is 11.4. The third kappa shape index (κ3) is 3.20. The minimum Gasteiger partial charge on any atom is -0.389 e. The molecule has 0 saturated carbocycles. The Morgan fingerprint density at radius 1 is 1.37 bits per heavy atom. The highest BCUT2D eigenvalue weighted by atomic mass is 16.3. The summed E-state index contributed by atoms with van der Waals surface area (Å²) in [6.45, 7) is 7.44. The van der Waals surface area contributed by atoms with Gasteiger partial charge in [0, 0.05) is 39.3 Å². The molecule has 0 bridgehead atoms. The number of amides is 1. The molecule has 2 heterocycles. The highest BCUT2D eigenvalue weighted by Crippen LogP contribution is 2.17. The van der Waals surface area contributed by atoms with Crippen molar-refractivity contribution in [2.24, 2.45) is 0 Å². The van der Waals surface area contributed by atoms with Gasteiger partial charge in [-0.15, -0.1) is 0 Å². The van der Waals surface area contributed by atoms with Gasteiger partial charge >= 0.3 is 0 Å². The van der Waals surface area contributed by atoms with Crippen molar-refractivity contribution in [3.8, 4) is 0 Å². The second kappa shape index (κ2) is 5.52. The number of aliphatic hydroxyl groups excluding tert-OH is 1. The molecule has 6 heteroatoms. The molecule has 1 fully saturated rings.